The molecule has 4 aromatic rings. The van der Waals surface area contributed by atoms with Crippen molar-refractivity contribution in [2.75, 3.05) is 4.90 Å². The summed E-state index contributed by atoms with van der Waals surface area (Å²) in [6.07, 6.45) is 3.84. The van der Waals surface area contributed by atoms with Gasteiger partial charge in [-0.2, -0.15) is 0 Å². The average molecular weight is 449 g/mol. The van der Waals surface area contributed by atoms with Gasteiger partial charge in [-0.15, -0.1) is 11.3 Å². The minimum atomic E-state index is -0.0550. The van der Waals surface area contributed by atoms with Gasteiger partial charge >= 0.3 is 0 Å². The molecule has 0 fully saturated rings. The Morgan fingerprint density at radius 2 is 1.87 bits per heavy atom. The van der Waals surface area contributed by atoms with E-state index in [1.54, 1.807) is 23.6 Å². The molecule has 0 bridgehead atoms. The molecule has 158 valence electrons. The number of hydrogen-bond acceptors (Lipinski definition) is 5. The number of anilines is 2. The van der Waals surface area contributed by atoms with Gasteiger partial charge in [0.2, 0.25) is 5.91 Å². The van der Waals surface area contributed by atoms with Crippen LogP contribution < -0.4 is 4.90 Å². The highest BCUT2D eigenvalue weighted by Crippen LogP contribution is 2.32. The molecule has 2 aromatic heterocycles. The molecule has 5 nitrogen and oxygen atoms in total. The van der Waals surface area contributed by atoms with Crippen molar-refractivity contribution < 1.29 is 4.79 Å². The van der Waals surface area contributed by atoms with Crippen LogP contribution in [0.25, 0.3) is 5.69 Å². The van der Waals surface area contributed by atoms with E-state index in [1.165, 1.54) is 16.9 Å². The van der Waals surface area contributed by atoms with Crippen molar-refractivity contribution >= 4 is 39.8 Å². The lowest BCUT2D eigenvalue weighted by atomic mass is 10.0. The average Bonchev–Trinajstić information content (AvgIpc) is 3.42. The molecule has 0 unspecified atom stereocenters. The third-order valence-electron chi connectivity index (χ3n) is 4.83. The number of carbonyl (C=O) groups excluding carboxylic acids is 1. The second kappa shape index (κ2) is 9.49. The fourth-order valence-corrected chi connectivity index (χ4v) is 5.23. The minimum Gasteiger partial charge on any atom is -0.295 e. The summed E-state index contributed by atoms with van der Waals surface area (Å²) in [5, 5.41) is 3.62. The van der Waals surface area contributed by atoms with E-state index in [-0.39, 0.29) is 5.91 Å². The van der Waals surface area contributed by atoms with Gasteiger partial charge in [-0.25, -0.2) is 9.97 Å². The molecule has 31 heavy (non-hydrogen) atoms. The maximum Gasteiger partial charge on any atom is 0.230 e. The molecule has 7 heteroatoms. The van der Waals surface area contributed by atoms with Gasteiger partial charge in [0.25, 0.3) is 0 Å². The van der Waals surface area contributed by atoms with Crippen LogP contribution in [-0.2, 0) is 10.5 Å². The predicted octanol–water partition coefficient (Wildman–Crippen LogP) is 6.43. The zero-order valence-electron chi connectivity index (χ0n) is 17.7. The van der Waals surface area contributed by atoms with Crippen LogP contribution in [0.2, 0.25) is 0 Å². The Morgan fingerprint density at radius 3 is 2.61 bits per heavy atom. The molecule has 0 aliphatic rings. The normalized spacial score (nSPS) is 11.1. The van der Waals surface area contributed by atoms with E-state index in [1.807, 2.05) is 48.1 Å². The largest absolute Gasteiger partial charge is 0.295 e. The van der Waals surface area contributed by atoms with Gasteiger partial charge in [0.05, 0.1) is 17.1 Å². The smallest absolute Gasteiger partial charge is 0.230 e. The second-order valence-electron chi connectivity index (χ2n) is 7.39. The fourth-order valence-electron chi connectivity index (χ4n) is 3.38. The molecule has 0 N–H and O–H groups in total. The van der Waals surface area contributed by atoms with E-state index in [9.17, 15) is 4.79 Å². The topological polar surface area (TPSA) is 51.0 Å². The maximum atomic E-state index is 12.3. The number of rotatable bonds is 7. The minimum absolute atomic E-state index is 0.0550. The van der Waals surface area contributed by atoms with E-state index >= 15 is 0 Å². The summed E-state index contributed by atoms with van der Waals surface area (Å²) in [4.78, 5) is 23.2. The van der Waals surface area contributed by atoms with Crippen LogP contribution in [0.1, 0.15) is 37.9 Å². The molecule has 2 aromatic carbocycles. The van der Waals surface area contributed by atoms with Crippen LogP contribution in [0.5, 0.6) is 0 Å². The van der Waals surface area contributed by atoms with Crippen LogP contribution in [0.3, 0.4) is 0 Å². The highest BCUT2D eigenvalue weighted by molar-refractivity contribution is 7.98. The van der Waals surface area contributed by atoms with Crippen molar-refractivity contribution in [1.82, 2.24) is 14.5 Å². The summed E-state index contributed by atoms with van der Waals surface area (Å²) in [5.74, 6) is 1.05. The Kier molecular flexibility index (Phi) is 6.53. The summed E-state index contributed by atoms with van der Waals surface area (Å²) in [5.41, 5.74) is 4.20. The maximum absolute atomic E-state index is 12.3. The summed E-state index contributed by atoms with van der Waals surface area (Å²) < 4.78 is 2.14. The first kappa shape index (κ1) is 21.3. The zero-order chi connectivity index (χ0) is 21.8. The Balaban J connectivity index is 1.53. The Labute approximate surface area is 190 Å². The number of nitrogens with zero attached hydrogens (tertiary/aromatic N) is 4. The summed E-state index contributed by atoms with van der Waals surface area (Å²) in [7, 11) is 0. The number of thioether (sulfide) groups is 1. The van der Waals surface area contributed by atoms with Crippen LogP contribution in [0.15, 0.2) is 77.5 Å². The monoisotopic (exact) mass is 448 g/mol. The molecule has 0 atom stereocenters. The summed E-state index contributed by atoms with van der Waals surface area (Å²) in [6.45, 7) is 5.96. The van der Waals surface area contributed by atoms with Gasteiger partial charge < -0.3 is 0 Å². The number of para-hydroxylation sites is 2. The van der Waals surface area contributed by atoms with Crippen molar-refractivity contribution in [1.29, 1.82) is 0 Å². The number of thiazole rings is 1. The summed E-state index contributed by atoms with van der Waals surface area (Å²) in [6, 6.07) is 18.0. The van der Waals surface area contributed by atoms with E-state index in [0.717, 1.165) is 22.2 Å². The lowest BCUT2D eigenvalue weighted by Crippen LogP contribution is -2.22. The number of amides is 1. The van der Waals surface area contributed by atoms with E-state index in [4.69, 9.17) is 4.98 Å². The van der Waals surface area contributed by atoms with Gasteiger partial charge in [-0.1, -0.05) is 62.0 Å². The fraction of sp³-hybridized carbons (Fsp3) is 0.208. The number of benzene rings is 2. The zero-order valence-corrected chi connectivity index (χ0v) is 19.4. The molecule has 0 aliphatic carbocycles. The SMILES string of the molecule is CC(=O)N(c1ccccc1)c1nc(CSc2nccn2-c2ccccc2C(C)C)cs1. The highest BCUT2D eigenvalue weighted by atomic mass is 32.2. The first-order valence-electron chi connectivity index (χ1n) is 10.1. The van der Waals surface area contributed by atoms with Gasteiger partial charge in [-0.05, 0) is 29.7 Å². The molecule has 0 saturated heterocycles. The first-order chi connectivity index (χ1) is 15.0. The quantitative estimate of drug-likeness (QED) is 0.306. The van der Waals surface area contributed by atoms with Crippen molar-refractivity contribution in [3.63, 3.8) is 0 Å². The van der Waals surface area contributed by atoms with Crippen molar-refractivity contribution in [3.05, 3.63) is 83.6 Å². The Hall–Kier alpha value is -2.90. The highest BCUT2D eigenvalue weighted by Gasteiger charge is 2.18. The third kappa shape index (κ3) is 4.73. The lowest BCUT2D eigenvalue weighted by molar-refractivity contribution is -0.115. The van der Waals surface area contributed by atoms with E-state index < -0.39 is 0 Å². The van der Waals surface area contributed by atoms with E-state index in [2.05, 4.69) is 47.7 Å². The second-order valence-corrected chi connectivity index (χ2v) is 9.17. The molecule has 0 aliphatic heterocycles. The Bertz CT molecular complexity index is 1170. The first-order valence-corrected chi connectivity index (χ1v) is 12.0. The number of imidazole rings is 1. The summed E-state index contributed by atoms with van der Waals surface area (Å²) >= 11 is 3.12. The van der Waals surface area contributed by atoms with Gasteiger partial charge in [0.15, 0.2) is 10.3 Å². The number of carbonyl (C=O) groups is 1. The molecule has 0 spiro atoms. The van der Waals surface area contributed by atoms with Crippen LogP contribution in [0, 0.1) is 0 Å². The van der Waals surface area contributed by atoms with Crippen LogP contribution >= 0.6 is 23.1 Å². The lowest BCUT2D eigenvalue weighted by Gasteiger charge is -2.17. The molecule has 1 amide bonds. The third-order valence-corrected chi connectivity index (χ3v) is 6.71. The Morgan fingerprint density at radius 1 is 1.13 bits per heavy atom. The number of hydrogen-bond donors (Lipinski definition) is 0. The van der Waals surface area contributed by atoms with Crippen molar-refractivity contribution in [2.45, 2.75) is 37.6 Å². The van der Waals surface area contributed by atoms with Gasteiger partial charge in [-0.3, -0.25) is 14.3 Å². The standard InChI is InChI=1S/C24H24N4OS2/c1-17(2)21-11-7-8-12-22(21)27-14-13-25-23(27)30-15-19-16-31-24(26-19)28(18(3)29)20-9-5-4-6-10-20/h4-14,16-17H,15H2,1-3H3. The molecule has 0 saturated carbocycles. The van der Waals surface area contributed by atoms with Gasteiger partial charge in [0, 0.05) is 30.5 Å². The molecule has 4 rings (SSSR count). The van der Waals surface area contributed by atoms with Crippen LogP contribution in [0.4, 0.5) is 10.8 Å². The molecule has 2 heterocycles. The van der Waals surface area contributed by atoms with Crippen molar-refractivity contribution in [3.8, 4) is 5.69 Å². The molecular weight excluding hydrogens is 424 g/mol. The number of aromatic nitrogens is 3. The van der Waals surface area contributed by atoms with Crippen LogP contribution in [-0.4, -0.2) is 20.4 Å². The van der Waals surface area contributed by atoms with Gasteiger partial charge in [0.1, 0.15) is 0 Å². The van der Waals surface area contributed by atoms with Crippen molar-refractivity contribution in [2.24, 2.45) is 0 Å². The van der Waals surface area contributed by atoms with E-state index in [0.29, 0.717) is 16.8 Å². The molecular formula is C24H24N4OS2. The predicted molar refractivity (Wildman–Crippen MR) is 129 cm³/mol. The molecule has 0 radical (unpaired) electrons.